The summed E-state index contributed by atoms with van der Waals surface area (Å²) in [6, 6.07) is 2.64. The third kappa shape index (κ3) is 2.95. The van der Waals surface area contributed by atoms with E-state index in [1.54, 1.807) is 7.11 Å². The number of hydrogen-bond acceptors (Lipinski definition) is 2. The molecule has 0 bridgehead atoms. The number of nitrogens with zero attached hydrogens (tertiary/aromatic N) is 1. The maximum Gasteiger partial charge on any atom is 0.256 e. The average Bonchev–Trinajstić information content (AvgIpc) is 2.44. The van der Waals surface area contributed by atoms with Gasteiger partial charge in [-0.25, -0.2) is 8.78 Å². The lowest BCUT2D eigenvalue weighted by molar-refractivity contribution is 0.0348. The number of amides is 1. The highest BCUT2D eigenvalue weighted by molar-refractivity contribution is 9.10. The van der Waals surface area contributed by atoms with Crippen LogP contribution in [0.25, 0.3) is 0 Å². The lowest BCUT2D eigenvalue weighted by atomic mass is 10.1. The molecule has 0 atom stereocenters. The van der Waals surface area contributed by atoms with Gasteiger partial charge in [-0.2, -0.15) is 0 Å². The van der Waals surface area contributed by atoms with Crippen LogP contribution in [0, 0.1) is 11.6 Å². The van der Waals surface area contributed by atoms with Crippen molar-refractivity contribution in [1.82, 2.24) is 4.90 Å². The summed E-state index contributed by atoms with van der Waals surface area (Å²) in [5, 5.41) is 0. The summed E-state index contributed by atoms with van der Waals surface area (Å²) in [5.41, 5.74) is -0.225. The van der Waals surface area contributed by atoms with Gasteiger partial charge in [0.25, 0.3) is 5.91 Å². The number of carbonyl (C=O) groups is 1. The maximum absolute atomic E-state index is 13.7. The molecule has 0 unspecified atom stereocenters. The Morgan fingerprint density at radius 3 is 2.53 bits per heavy atom. The van der Waals surface area contributed by atoms with E-state index >= 15 is 0 Å². The van der Waals surface area contributed by atoms with E-state index in [4.69, 9.17) is 4.74 Å². The molecule has 0 radical (unpaired) electrons. The zero-order valence-corrected chi connectivity index (χ0v) is 12.0. The highest BCUT2D eigenvalue weighted by Gasteiger charge is 2.26. The van der Waals surface area contributed by atoms with Crippen molar-refractivity contribution in [3.8, 4) is 0 Å². The highest BCUT2D eigenvalue weighted by atomic mass is 79.9. The first-order chi connectivity index (χ1) is 9.04. The van der Waals surface area contributed by atoms with Gasteiger partial charge in [-0.1, -0.05) is 0 Å². The molecule has 19 heavy (non-hydrogen) atoms. The van der Waals surface area contributed by atoms with Gasteiger partial charge in [0, 0.05) is 20.2 Å². The summed E-state index contributed by atoms with van der Waals surface area (Å²) < 4.78 is 32.4. The Balaban J connectivity index is 2.15. The molecule has 1 amide bonds. The fraction of sp³-hybridized carbons (Fsp3) is 0.462. The molecule has 0 spiro atoms. The van der Waals surface area contributed by atoms with Crippen LogP contribution >= 0.6 is 15.9 Å². The van der Waals surface area contributed by atoms with Crippen molar-refractivity contribution in [1.29, 1.82) is 0 Å². The number of halogens is 3. The van der Waals surface area contributed by atoms with E-state index in [9.17, 15) is 13.6 Å². The molecule has 0 aromatic heterocycles. The quantitative estimate of drug-likeness (QED) is 0.779. The minimum atomic E-state index is -1.10. The number of benzene rings is 1. The molecule has 104 valence electrons. The summed E-state index contributed by atoms with van der Waals surface area (Å²) in [6.07, 6.45) is 1.56. The van der Waals surface area contributed by atoms with E-state index in [1.807, 2.05) is 0 Å². The Morgan fingerprint density at radius 1 is 1.32 bits per heavy atom. The van der Waals surface area contributed by atoms with Crippen LogP contribution in [0.2, 0.25) is 0 Å². The lowest BCUT2D eigenvalue weighted by Crippen LogP contribution is -2.41. The van der Waals surface area contributed by atoms with Crippen molar-refractivity contribution in [2.45, 2.75) is 18.9 Å². The molecule has 3 nitrogen and oxygen atoms in total. The molecule has 1 fully saturated rings. The Bertz CT molecular complexity index is 488. The second-order valence-electron chi connectivity index (χ2n) is 4.45. The third-order valence-corrected chi connectivity index (χ3v) is 3.94. The minimum Gasteiger partial charge on any atom is -0.381 e. The zero-order chi connectivity index (χ0) is 14.0. The number of ether oxygens (including phenoxy) is 1. The molecule has 0 N–H and O–H groups in total. The fourth-order valence-electron chi connectivity index (χ4n) is 2.16. The van der Waals surface area contributed by atoms with E-state index in [-0.39, 0.29) is 16.1 Å². The first-order valence-electron chi connectivity index (χ1n) is 6.00. The summed E-state index contributed by atoms with van der Waals surface area (Å²) in [4.78, 5) is 13.7. The van der Waals surface area contributed by atoms with Crippen molar-refractivity contribution >= 4 is 21.8 Å². The van der Waals surface area contributed by atoms with Crippen LogP contribution in [0.5, 0.6) is 0 Å². The molecule has 2 rings (SSSR count). The molecule has 1 heterocycles. The Hall–Kier alpha value is -1.01. The normalized spacial score (nSPS) is 16.7. The topological polar surface area (TPSA) is 29.5 Å². The predicted molar refractivity (Wildman–Crippen MR) is 70.0 cm³/mol. The molecule has 1 aromatic carbocycles. The van der Waals surface area contributed by atoms with E-state index in [0.29, 0.717) is 25.9 Å². The second-order valence-corrected chi connectivity index (χ2v) is 5.30. The first-order valence-corrected chi connectivity index (χ1v) is 6.79. The third-order valence-electron chi connectivity index (χ3n) is 3.33. The van der Waals surface area contributed by atoms with Crippen molar-refractivity contribution in [2.75, 3.05) is 20.2 Å². The molecule has 0 saturated carbocycles. The Kier molecular flexibility index (Phi) is 4.52. The molecule has 6 heteroatoms. The monoisotopic (exact) mass is 333 g/mol. The van der Waals surface area contributed by atoms with Crippen LogP contribution in [0.4, 0.5) is 8.78 Å². The molecule has 1 aromatic rings. The van der Waals surface area contributed by atoms with Gasteiger partial charge in [-0.3, -0.25) is 4.79 Å². The van der Waals surface area contributed by atoms with Crippen LogP contribution in [0.3, 0.4) is 0 Å². The van der Waals surface area contributed by atoms with Crippen LogP contribution in [0.15, 0.2) is 16.6 Å². The minimum absolute atomic E-state index is 0.0136. The van der Waals surface area contributed by atoms with Crippen molar-refractivity contribution < 1.29 is 18.3 Å². The van der Waals surface area contributed by atoms with Crippen LogP contribution in [0.1, 0.15) is 23.2 Å². The smallest absolute Gasteiger partial charge is 0.256 e. The summed E-state index contributed by atoms with van der Waals surface area (Å²) in [7, 11) is 1.63. The van der Waals surface area contributed by atoms with Gasteiger partial charge in [0.05, 0.1) is 16.1 Å². The molecule has 1 saturated heterocycles. The summed E-state index contributed by atoms with van der Waals surface area (Å²) >= 11 is 2.89. The number of hydrogen-bond donors (Lipinski definition) is 0. The zero-order valence-electron chi connectivity index (χ0n) is 10.5. The van der Waals surface area contributed by atoms with Crippen molar-refractivity contribution in [3.05, 3.63) is 33.8 Å². The molecule has 0 aliphatic carbocycles. The van der Waals surface area contributed by atoms with Gasteiger partial charge < -0.3 is 9.64 Å². The van der Waals surface area contributed by atoms with Crippen LogP contribution in [-0.4, -0.2) is 37.1 Å². The van der Waals surface area contributed by atoms with E-state index in [0.717, 1.165) is 0 Å². The molecule has 1 aliphatic rings. The Labute approximate surface area is 118 Å². The summed E-state index contributed by atoms with van der Waals surface area (Å²) in [6.45, 7) is 0.989. The maximum atomic E-state index is 13.7. The van der Waals surface area contributed by atoms with E-state index in [2.05, 4.69) is 15.9 Å². The van der Waals surface area contributed by atoms with Gasteiger partial charge in [-0.05, 0) is 40.9 Å². The van der Waals surface area contributed by atoms with Crippen molar-refractivity contribution in [2.24, 2.45) is 0 Å². The number of piperidine rings is 1. The first kappa shape index (κ1) is 14.4. The molecule has 1 aliphatic heterocycles. The second kappa shape index (κ2) is 5.96. The predicted octanol–water partition coefficient (Wildman–Crippen LogP) is 2.98. The van der Waals surface area contributed by atoms with Gasteiger partial charge in [0.1, 0.15) is 0 Å². The number of methoxy groups -OCH3 is 1. The van der Waals surface area contributed by atoms with E-state index < -0.39 is 17.5 Å². The van der Waals surface area contributed by atoms with Gasteiger partial charge in [-0.15, -0.1) is 0 Å². The molecular formula is C13H14BrF2NO2. The van der Waals surface area contributed by atoms with Gasteiger partial charge in [0.15, 0.2) is 11.6 Å². The van der Waals surface area contributed by atoms with Crippen molar-refractivity contribution in [3.63, 3.8) is 0 Å². The van der Waals surface area contributed by atoms with Crippen LogP contribution < -0.4 is 0 Å². The molecular weight excluding hydrogens is 320 g/mol. The number of carbonyl (C=O) groups excluding carboxylic acids is 1. The Morgan fingerprint density at radius 2 is 1.95 bits per heavy atom. The van der Waals surface area contributed by atoms with E-state index in [1.165, 1.54) is 17.0 Å². The lowest BCUT2D eigenvalue weighted by Gasteiger charge is -2.31. The fourth-order valence-corrected chi connectivity index (χ4v) is 2.46. The standard InChI is InChI=1S/C13H14BrF2NO2/c1-19-8-4-6-17(7-5-8)13(18)9-2-3-10(14)12(16)11(9)15/h2-3,8H,4-7H2,1H3. The van der Waals surface area contributed by atoms with Crippen LogP contribution in [-0.2, 0) is 4.74 Å². The number of likely N-dealkylation sites (tertiary alicyclic amines) is 1. The van der Waals surface area contributed by atoms with Gasteiger partial charge in [0.2, 0.25) is 0 Å². The van der Waals surface area contributed by atoms with Gasteiger partial charge >= 0.3 is 0 Å². The average molecular weight is 334 g/mol. The summed E-state index contributed by atoms with van der Waals surface area (Å²) in [5.74, 6) is -2.61. The number of rotatable bonds is 2. The SMILES string of the molecule is COC1CCN(C(=O)c2ccc(Br)c(F)c2F)CC1. The highest BCUT2D eigenvalue weighted by Crippen LogP contribution is 2.23. The largest absolute Gasteiger partial charge is 0.381 e.